The number of nitrogens with zero attached hydrogens (tertiary/aromatic N) is 1. The molecule has 2 aromatic rings. The van der Waals surface area contributed by atoms with E-state index in [0.717, 1.165) is 18.7 Å². The Bertz CT molecular complexity index is 606. The predicted molar refractivity (Wildman–Crippen MR) is 77.4 cm³/mol. The van der Waals surface area contributed by atoms with Gasteiger partial charge in [-0.2, -0.15) is 0 Å². The Kier molecular flexibility index (Phi) is 3.25. The highest BCUT2D eigenvalue weighted by molar-refractivity contribution is 7.12. The van der Waals surface area contributed by atoms with Gasteiger partial charge in [0.05, 0.1) is 12.3 Å². The van der Waals surface area contributed by atoms with E-state index in [1.54, 1.807) is 0 Å². The first-order valence-electron chi connectivity index (χ1n) is 6.40. The number of thiophene rings is 1. The van der Waals surface area contributed by atoms with Crippen LogP contribution in [0.2, 0.25) is 0 Å². The Labute approximate surface area is 116 Å². The molecule has 0 unspecified atom stereocenters. The third kappa shape index (κ3) is 2.24. The number of para-hydroxylation sites is 1. The Balaban J connectivity index is 1.87. The minimum Gasteiger partial charge on any atom is -0.462 e. The standard InChI is InChI=1S/C15H15NO2S/c1-2-18-15(17)14-9-12(10-19-14)16-8-7-11-5-3-4-6-13(11)16/h3-6,9-10H,2,7-8H2,1H3. The van der Waals surface area contributed by atoms with E-state index in [4.69, 9.17) is 4.74 Å². The monoisotopic (exact) mass is 273 g/mol. The molecule has 1 aliphatic heterocycles. The topological polar surface area (TPSA) is 29.5 Å². The smallest absolute Gasteiger partial charge is 0.348 e. The van der Waals surface area contributed by atoms with E-state index in [0.29, 0.717) is 11.5 Å². The van der Waals surface area contributed by atoms with Gasteiger partial charge in [0.1, 0.15) is 4.88 Å². The Morgan fingerprint density at radius 3 is 3.11 bits per heavy atom. The van der Waals surface area contributed by atoms with Gasteiger partial charge in [0.15, 0.2) is 0 Å². The zero-order valence-corrected chi connectivity index (χ0v) is 11.6. The number of rotatable bonds is 3. The second-order valence-electron chi connectivity index (χ2n) is 4.42. The highest BCUT2D eigenvalue weighted by Gasteiger charge is 2.21. The minimum absolute atomic E-state index is 0.230. The van der Waals surface area contributed by atoms with Crippen LogP contribution >= 0.6 is 11.3 Å². The lowest BCUT2D eigenvalue weighted by atomic mass is 10.2. The van der Waals surface area contributed by atoms with Crippen molar-refractivity contribution in [2.75, 3.05) is 18.1 Å². The van der Waals surface area contributed by atoms with E-state index in [9.17, 15) is 4.79 Å². The van der Waals surface area contributed by atoms with Gasteiger partial charge in [-0.1, -0.05) is 18.2 Å². The maximum atomic E-state index is 11.7. The second kappa shape index (κ2) is 5.05. The quantitative estimate of drug-likeness (QED) is 0.800. The van der Waals surface area contributed by atoms with Gasteiger partial charge in [0.2, 0.25) is 0 Å². The van der Waals surface area contributed by atoms with Gasteiger partial charge < -0.3 is 9.64 Å². The molecule has 1 aliphatic rings. The van der Waals surface area contributed by atoms with Crippen molar-refractivity contribution in [2.45, 2.75) is 13.3 Å². The number of hydrogen-bond donors (Lipinski definition) is 0. The Morgan fingerprint density at radius 1 is 1.42 bits per heavy atom. The van der Waals surface area contributed by atoms with Crippen molar-refractivity contribution in [1.82, 2.24) is 0 Å². The summed E-state index contributed by atoms with van der Waals surface area (Å²) >= 11 is 1.44. The van der Waals surface area contributed by atoms with Crippen molar-refractivity contribution in [3.05, 3.63) is 46.2 Å². The van der Waals surface area contributed by atoms with Crippen LogP contribution in [0.1, 0.15) is 22.2 Å². The van der Waals surface area contributed by atoms with E-state index in [-0.39, 0.29) is 5.97 Å². The highest BCUT2D eigenvalue weighted by Crippen LogP contribution is 2.36. The molecule has 4 heteroatoms. The molecule has 0 saturated carbocycles. The van der Waals surface area contributed by atoms with Gasteiger partial charge in [0.25, 0.3) is 0 Å². The number of anilines is 2. The molecule has 2 heterocycles. The lowest BCUT2D eigenvalue weighted by Crippen LogP contribution is -2.12. The number of esters is 1. The molecule has 0 atom stereocenters. The van der Waals surface area contributed by atoms with E-state index < -0.39 is 0 Å². The maximum Gasteiger partial charge on any atom is 0.348 e. The summed E-state index contributed by atoms with van der Waals surface area (Å²) in [6.07, 6.45) is 1.06. The summed E-state index contributed by atoms with van der Waals surface area (Å²) < 4.78 is 5.03. The van der Waals surface area contributed by atoms with Crippen molar-refractivity contribution in [3.63, 3.8) is 0 Å². The minimum atomic E-state index is -0.230. The third-order valence-electron chi connectivity index (χ3n) is 3.26. The molecule has 0 spiro atoms. The summed E-state index contributed by atoms with van der Waals surface area (Å²) in [5, 5.41) is 2.02. The van der Waals surface area contributed by atoms with E-state index >= 15 is 0 Å². The molecule has 1 aromatic heterocycles. The first-order valence-corrected chi connectivity index (χ1v) is 7.28. The molecule has 0 N–H and O–H groups in total. The molecule has 98 valence electrons. The lowest BCUT2D eigenvalue weighted by Gasteiger charge is -2.17. The summed E-state index contributed by atoms with van der Waals surface area (Å²) in [5.41, 5.74) is 3.69. The van der Waals surface area contributed by atoms with Crippen LogP contribution in [0, 0.1) is 0 Å². The van der Waals surface area contributed by atoms with Crippen LogP contribution in [0.3, 0.4) is 0 Å². The summed E-state index contributed by atoms with van der Waals surface area (Å²) in [7, 11) is 0. The third-order valence-corrected chi connectivity index (χ3v) is 4.16. The fourth-order valence-electron chi connectivity index (χ4n) is 2.38. The summed E-state index contributed by atoms with van der Waals surface area (Å²) in [4.78, 5) is 14.6. The van der Waals surface area contributed by atoms with Crippen LogP contribution in [0.5, 0.6) is 0 Å². The average Bonchev–Trinajstić information content (AvgIpc) is 3.05. The molecule has 1 aromatic carbocycles. The second-order valence-corrected chi connectivity index (χ2v) is 5.33. The molecule has 0 radical (unpaired) electrons. The lowest BCUT2D eigenvalue weighted by molar-refractivity contribution is 0.0532. The van der Waals surface area contributed by atoms with Crippen molar-refractivity contribution in [1.29, 1.82) is 0 Å². The summed E-state index contributed by atoms with van der Waals surface area (Å²) in [5.74, 6) is -0.230. The number of fused-ring (bicyclic) bond motifs is 1. The number of carbonyl (C=O) groups is 1. The van der Waals surface area contributed by atoms with Crippen LogP contribution in [0.4, 0.5) is 11.4 Å². The van der Waals surface area contributed by atoms with Crippen molar-refractivity contribution in [3.8, 4) is 0 Å². The van der Waals surface area contributed by atoms with Gasteiger partial charge in [-0.25, -0.2) is 4.79 Å². The number of benzene rings is 1. The maximum absolute atomic E-state index is 11.7. The van der Waals surface area contributed by atoms with Crippen LogP contribution in [0.15, 0.2) is 35.7 Å². The van der Waals surface area contributed by atoms with Crippen molar-refractivity contribution >= 4 is 28.7 Å². The molecule has 0 bridgehead atoms. The molecular formula is C15H15NO2S. The first kappa shape index (κ1) is 12.2. The van der Waals surface area contributed by atoms with E-state index in [1.807, 2.05) is 18.4 Å². The molecule has 3 nitrogen and oxygen atoms in total. The molecule has 0 saturated heterocycles. The van der Waals surface area contributed by atoms with Crippen LogP contribution in [-0.4, -0.2) is 19.1 Å². The Morgan fingerprint density at radius 2 is 2.26 bits per heavy atom. The van der Waals surface area contributed by atoms with E-state index in [2.05, 4.69) is 29.2 Å². The molecule has 0 aliphatic carbocycles. The Hall–Kier alpha value is -1.81. The van der Waals surface area contributed by atoms with E-state index in [1.165, 1.54) is 22.6 Å². The number of carbonyl (C=O) groups excluding carboxylic acids is 1. The van der Waals surface area contributed by atoms with Gasteiger partial charge in [-0.05, 0) is 31.0 Å². The zero-order chi connectivity index (χ0) is 13.2. The molecule has 3 rings (SSSR count). The molecule has 19 heavy (non-hydrogen) atoms. The van der Waals surface area contributed by atoms with Crippen LogP contribution in [0.25, 0.3) is 0 Å². The zero-order valence-electron chi connectivity index (χ0n) is 10.8. The molecular weight excluding hydrogens is 258 g/mol. The highest BCUT2D eigenvalue weighted by atomic mass is 32.1. The van der Waals surface area contributed by atoms with Gasteiger partial charge in [-0.15, -0.1) is 11.3 Å². The van der Waals surface area contributed by atoms with Gasteiger partial charge in [0, 0.05) is 17.6 Å². The van der Waals surface area contributed by atoms with Gasteiger partial charge >= 0.3 is 5.97 Å². The average molecular weight is 273 g/mol. The van der Waals surface area contributed by atoms with Crippen LogP contribution < -0.4 is 4.90 Å². The van der Waals surface area contributed by atoms with Crippen molar-refractivity contribution in [2.24, 2.45) is 0 Å². The molecule has 0 fully saturated rings. The van der Waals surface area contributed by atoms with Crippen LogP contribution in [-0.2, 0) is 11.2 Å². The SMILES string of the molecule is CCOC(=O)c1cc(N2CCc3ccccc32)cs1. The number of ether oxygens (including phenoxy) is 1. The number of hydrogen-bond acceptors (Lipinski definition) is 4. The largest absolute Gasteiger partial charge is 0.462 e. The van der Waals surface area contributed by atoms with Crippen molar-refractivity contribution < 1.29 is 9.53 Å². The fraction of sp³-hybridized carbons (Fsp3) is 0.267. The fourth-order valence-corrected chi connectivity index (χ4v) is 3.17. The molecule has 0 amide bonds. The summed E-state index contributed by atoms with van der Waals surface area (Å²) in [6.45, 7) is 3.21. The normalized spacial score (nSPS) is 13.4. The first-order chi connectivity index (χ1) is 9.29. The summed E-state index contributed by atoms with van der Waals surface area (Å²) in [6, 6.07) is 10.3. The predicted octanol–water partition coefficient (Wildman–Crippen LogP) is 3.62. The van der Waals surface area contributed by atoms with Gasteiger partial charge in [-0.3, -0.25) is 0 Å².